The minimum absolute atomic E-state index is 0.0468. The van der Waals surface area contributed by atoms with E-state index < -0.39 is 12.1 Å². The average Bonchev–Trinajstić information content (AvgIpc) is 2.88. The third kappa shape index (κ3) is 4.55. The normalized spacial score (nSPS) is 15.4. The van der Waals surface area contributed by atoms with Crippen molar-refractivity contribution >= 4 is 23.5 Å². The number of aryl methyl sites for hydroxylation is 2. The standard InChI is InChI=1S/C17H22N2O4/c1-11-6-7-12(2)14(9-11)18-17(22)13(3)23-16(21)10-19-8-4-5-15(19)20/h6-7,9,13H,4-5,8,10H2,1-3H3,(H,18,22)/t13-/m0/s1. The molecule has 0 bridgehead atoms. The number of likely N-dealkylation sites (tertiary alicyclic amines) is 1. The zero-order valence-electron chi connectivity index (χ0n) is 13.7. The zero-order chi connectivity index (χ0) is 17.0. The van der Waals surface area contributed by atoms with E-state index in [1.165, 1.54) is 11.8 Å². The highest BCUT2D eigenvalue weighted by molar-refractivity contribution is 5.96. The quantitative estimate of drug-likeness (QED) is 0.840. The molecule has 23 heavy (non-hydrogen) atoms. The maximum absolute atomic E-state index is 12.1. The molecular formula is C17H22N2O4. The minimum Gasteiger partial charge on any atom is -0.451 e. The number of ether oxygens (including phenoxy) is 1. The molecule has 1 heterocycles. The van der Waals surface area contributed by atoms with E-state index >= 15 is 0 Å². The summed E-state index contributed by atoms with van der Waals surface area (Å²) in [6.07, 6.45) is 0.310. The van der Waals surface area contributed by atoms with Crippen molar-refractivity contribution in [1.29, 1.82) is 0 Å². The maximum Gasteiger partial charge on any atom is 0.326 e. The topological polar surface area (TPSA) is 75.7 Å². The molecule has 0 unspecified atom stereocenters. The number of benzene rings is 1. The van der Waals surface area contributed by atoms with E-state index in [9.17, 15) is 14.4 Å². The van der Waals surface area contributed by atoms with Gasteiger partial charge in [-0.2, -0.15) is 0 Å². The van der Waals surface area contributed by atoms with Crippen LogP contribution in [0.5, 0.6) is 0 Å². The second kappa shape index (κ2) is 7.26. The van der Waals surface area contributed by atoms with Crippen LogP contribution in [0.4, 0.5) is 5.69 Å². The Bertz CT molecular complexity index is 627. The van der Waals surface area contributed by atoms with Crippen LogP contribution in [0.25, 0.3) is 0 Å². The van der Waals surface area contributed by atoms with Gasteiger partial charge in [0.05, 0.1) is 0 Å². The molecular weight excluding hydrogens is 296 g/mol. The summed E-state index contributed by atoms with van der Waals surface area (Å²) in [5.74, 6) is -1.00. The van der Waals surface area contributed by atoms with Crippen LogP contribution in [0.1, 0.15) is 30.9 Å². The third-order valence-corrected chi connectivity index (χ3v) is 3.82. The Hall–Kier alpha value is -2.37. The fourth-order valence-corrected chi connectivity index (χ4v) is 2.42. The molecule has 1 aliphatic rings. The molecule has 0 radical (unpaired) electrons. The molecule has 1 aliphatic heterocycles. The van der Waals surface area contributed by atoms with Crippen LogP contribution < -0.4 is 5.32 Å². The first-order valence-corrected chi connectivity index (χ1v) is 7.72. The van der Waals surface area contributed by atoms with Gasteiger partial charge in [-0.15, -0.1) is 0 Å². The van der Waals surface area contributed by atoms with Gasteiger partial charge in [0.25, 0.3) is 5.91 Å². The van der Waals surface area contributed by atoms with Gasteiger partial charge in [-0.3, -0.25) is 14.4 Å². The number of hydrogen-bond acceptors (Lipinski definition) is 4. The number of amides is 2. The van der Waals surface area contributed by atoms with E-state index in [4.69, 9.17) is 4.74 Å². The van der Waals surface area contributed by atoms with Gasteiger partial charge in [0.2, 0.25) is 5.91 Å². The lowest BCUT2D eigenvalue weighted by molar-refractivity contribution is -0.155. The number of rotatable bonds is 5. The summed E-state index contributed by atoms with van der Waals surface area (Å²) in [7, 11) is 0. The predicted molar refractivity (Wildman–Crippen MR) is 85.9 cm³/mol. The summed E-state index contributed by atoms with van der Waals surface area (Å²) in [5, 5.41) is 2.76. The van der Waals surface area contributed by atoms with Gasteiger partial charge in [0, 0.05) is 18.7 Å². The van der Waals surface area contributed by atoms with E-state index in [0.29, 0.717) is 18.7 Å². The van der Waals surface area contributed by atoms with E-state index in [2.05, 4.69) is 5.32 Å². The van der Waals surface area contributed by atoms with Gasteiger partial charge < -0.3 is 15.0 Å². The van der Waals surface area contributed by atoms with Crippen LogP contribution in [0.15, 0.2) is 18.2 Å². The molecule has 0 aromatic heterocycles. The van der Waals surface area contributed by atoms with E-state index in [-0.39, 0.29) is 18.4 Å². The lowest BCUT2D eigenvalue weighted by Gasteiger charge is -2.18. The summed E-state index contributed by atoms with van der Waals surface area (Å²) in [6.45, 7) is 5.82. The van der Waals surface area contributed by atoms with Gasteiger partial charge in [-0.25, -0.2) is 0 Å². The fourth-order valence-electron chi connectivity index (χ4n) is 2.42. The Balaban J connectivity index is 1.88. The minimum atomic E-state index is -0.917. The molecule has 1 aromatic carbocycles. The first-order valence-electron chi connectivity index (χ1n) is 7.72. The van der Waals surface area contributed by atoms with Gasteiger partial charge in [0.15, 0.2) is 6.10 Å². The first kappa shape index (κ1) is 17.0. The molecule has 2 rings (SSSR count). The fraction of sp³-hybridized carbons (Fsp3) is 0.471. The van der Waals surface area contributed by atoms with Crippen LogP contribution in [0.2, 0.25) is 0 Å². The molecule has 1 atom stereocenters. The van der Waals surface area contributed by atoms with Crippen LogP contribution >= 0.6 is 0 Å². The smallest absolute Gasteiger partial charge is 0.326 e. The number of carbonyl (C=O) groups excluding carboxylic acids is 3. The Morgan fingerprint density at radius 2 is 2.09 bits per heavy atom. The van der Waals surface area contributed by atoms with Crippen molar-refractivity contribution in [3.8, 4) is 0 Å². The highest BCUT2D eigenvalue weighted by Gasteiger charge is 2.25. The molecule has 1 N–H and O–H groups in total. The zero-order valence-corrected chi connectivity index (χ0v) is 13.7. The van der Waals surface area contributed by atoms with Gasteiger partial charge >= 0.3 is 5.97 Å². The summed E-state index contributed by atoms with van der Waals surface area (Å²) < 4.78 is 5.12. The maximum atomic E-state index is 12.1. The monoisotopic (exact) mass is 318 g/mol. The second-order valence-corrected chi connectivity index (χ2v) is 5.86. The van der Waals surface area contributed by atoms with Gasteiger partial charge in [-0.1, -0.05) is 12.1 Å². The van der Waals surface area contributed by atoms with Crippen LogP contribution in [-0.2, 0) is 19.1 Å². The molecule has 0 aliphatic carbocycles. The molecule has 6 nitrogen and oxygen atoms in total. The highest BCUT2D eigenvalue weighted by Crippen LogP contribution is 2.17. The Labute approximate surface area is 135 Å². The van der Waals surface area contributed by atoms with Crippen LogP contribution in [0.3, 0.4) is 0 Å². The Morgan fingerprint density at radius 3 is 2.74 bits per heavy atom. The lowest BCUT2D eigenvalue weighted by atomic mass is 10.1. The van der Waals surface area contributed by atoms with E-state index in [1.807, 2.05) is 32.0 Å². The largest absolute Gasteiger partial charge is 0.451 e. The number of carbonyl (C=O) groups is 3. The van der Waals surface area contributed by atoms with Crippen LogP contribution in [0, 0.1) is 13.8 Å². The molecule has 1 fully saturated rings. The molecule has 1 aromatic rings. The van der Waals surface area contributed by atoms with Gasteiger partial charge in [-0.05, 0) is 44.4 Å². The predicted octanol–water partition coefficient (Wildman–Crippen LogP) is 1.80. The number of hydrogen-bond donors (Lipinski definition) is 1. The lowest BCUT2D eigenvalue weighted by Crippen LogP contribution is -2.36. The Kier molecular flexibility index (Phi) is 5.36. The average molecular weight is 318 g/mol. The van der Waals surface area contributed by atoms with Crippen molar-refractivity contribution in [2.75, 3.05) is 18.4 Å². The van der Waals surface area contributed by atoms with Crippen molar-refractivity contribution < 1.29 is 19.1 Å². The molecule has 6 heteroatoms. The Morgan fingerprint density at radius 1 is 1.35 bits per heavy atom. The number of nitrogens with zero attached hydrogens (tertiary/aromatic N) is 1. The molecule has 0 saturated carbocycles. The highest BCUT2D eigenvalue weighted by atomic mass is 16.5. The number of esters is 1. The summed E-state index contributed by atoms with van der Waals surface area (Å²) >= 11 is 0. The second-order valence-electron chi connectivity index (χ2n) is 5.86. The summed E-state index contributed by atoms with van der Waals surface area (Å²) in [4.78, 5) is 36.9. The number of anilines is 1. The third-order valence-electron chi connectivity index (χ3n) is 3.82. The van der Waals surface area contributed by atoms with Crippen molar-refractivity contribution in [3.05, 3.63) is 29.3 Å². The summed E-state index contributed by atoms with van der Waals surface area (Å²) in [6, 6.07) is 5.74. The van der Waals surface area contributed by atoms with E-state index in [1.54, 1.807) is 0 Å². The van der Waals surface area contributed by atoms with Crippen molar-refractivity contribution in [2.45, 2.75) is 39.7 Å². The SMILES string of the molecule is Cc1ccc(C)c(NC(=O)[C@H](C)OC(=O)CN2CCCC2=O)c1. The molecule has 1 saturated heterocycles. The molecule has 2 amide bonds. The molecule has 0 spiro atoms. The van der Waals surface area contributed by atoms with E-state index in [0.717, 1.165) is 17.5 Å². The van der Waals surface area contributed by atoms with Gasteiger partial charge in [0.1, 0.15) is 6.54 Å². The van der Waals surface area contributed by atoms with Crippen LogP contribution in [-0.4, -0.2) is 41.9 Å². The van der Waals surface area contributed by atoms with Crippen molar-refractivity contribution in [3.63, 3.8) is 0 Å². The van der Waals surface area contributed by atoms with Crippen molar-refractivity contribution in [2.24, 2.45) is 0 Å². The van der Waals surface area contributed by atoms with Crippen molar-refractivity contribution in [1.82, 2.24) is 4.90 Å². The summed E-state index contributed by atoms with van der Waals surface area (Å²) in [5.41, 5.74) is 2.67. The molecule has 124 valence electrons. The number of nitrogens with one attached hydrogen (secondary N) is 1. The first-order chi connectivity index (χ1) is 10.9.